The molecule has 3 nitrogen and oxygen atoms in total. The van der Waals surface area contributed by atoms with Crippen molar-refractivity contribution in [2.24, 2.45) is 0 Å². The highest BCUT2D eigenvalue weighted by Crippen LogP contribution is 2.33. The van der Waals surface area contributed by atoms with Crippen LogP contribution in [0.2, 0.25) is 0 Å². The first-order valence-corrected chi connectivity index (χ1v) is 6.05. The monoisotopic (exact) mass is 231 g/mol. The lowest BCUT2D eigenvalue weighted by molar-refractivity contribution is 0.506. The van der Waals surface area contributed by atoms with E-state index in [1.807, 2.05) is 12.3 Å². The molecule has 0 aromatic carbocycles. The fourth-order valence-electron chi connectivity index (χ4n) is 2.13. The highest BCUT2D eigenvalue weighted by Gasteiger charge is 2.30. The van der Waals surface area contributed by atoms with Crippen molar-refractivity contribution in [3.8, 4) is 0 Å². The minimum absolute atomic E-state index is 0.0380. The predicted molar refractivity (Wildman–Crippen MR) is 70.4 cm³/mol. The summed E-state index contributed by atoms with van der Waals surface area (Å²) in [6.45, 7) is 13.3. The van der Waals surface area contributed by atoms with Gasteiger partial charge in [0.15, 0.2) is 0 Å². The van der Waals surface area contributed by atoms with Crippen LogP contribution in [0.1, 0.15) is 52.9 Å². The molecule has 0 aliphatic heterocycles. The molecule has 2 aromatic heterocycles. The molecule has 0 amide bonds. The quantitative estimate of drug-likeness (QED) is 0.696. The van der Waals surface area contributed by atoms with Crippen LogP contribution in [0.5, 0.6) is 0 Å². The van der Waals surface area contributed by atoms with E-state index in [-0.39, 0.29) is 10.8 Å². The first kappa shape index (κ1) is 12.1. The molecule has 0 aliphatic rings. The van der Waals surface area contributed by atoms with Crippen LogP contribution in [0.3, 0.4) is 0 Å². The maximum Gasteiger partial charge on any atom is 0.234 e. The van der Waals surface area contributed by atoms with Gasteiger partial charge >= 0.3 is 0 Å². The standard InChI is InChI=1S/C14H21N3/c1-13(2,3)10-11(14(4,5)6)17-9-7-8-15-12(17)16-10/h7-9H,1-6H3. The number of hydrogen-bond donors (Lipinski definition) is 0. The van der Waals surface area contributed by atoms with E-state index in [1.54, 1.807) is 6.20 Å². The molecule has 0 saturated carbocycles. The maximum absolute atomic E-state index is 4.70. The summed E-state index contributed by atoms with van der Waals surface area (Å²) in [5.41, 5.74) is 2.50. The van der Waals surface area contributed by atoms with Gasteiger partial charge in [-0.3, -0.25) is 4.40 Å². The van der Waals surface area contributed by atoms with Crippen LogP contribution in [-0.4, -0.2) is 14.4 Å². The Morgan fingerprint density at radius 2 is 1.65 bits per heavy atom. The Morgan fingerprint density at radius 1 is 1.00 bits per heavy atom. The fourth-order valence-corrected chi connectivity index (χ4v) is 2.13. The van der Waals surface area contributed by atoms with Crippen LogP contribution < -0.4 is 0 Å². The van der Waals surface area contributed by atoms with Gasteiger partial charge in [0.05, 0.1) is 11.4 Å². The number of fused-ring (bicyclic) bond motifs is 1. The van der Waals surface area contributed by atoms with Crippen LogP contribution in [0.15, 0.2) is 18.5 Å². The topological polar surface area (TPSA) is 30.2 Å². The van der Waals surface area contributed by atoms with Gasteiger partial charge in [0.25, 0.3) is 0 Å². The van der Waals surface area contributed by atoms with Gasteiger partial charge in [0.2, 0.25) is 5.78 Å². The second-order valence-electron chi connectivity index (χ2n) is 6.60. The maximum atomic E-state index is 4.70. The van der Waals surface area contributed by atoms with Gasteiger partial charge in [-0.1, -0.05) is 41.5 Å². The Balaban J connectivity index is 2.84. The van der Waals surface area contributed by atoms with Gasteiger partial charge in [0.1, 0.15) is 0 Å². The van der Waals surface area contributed by atoms with Crippen molar-refractivity contribution in [3.63, 3.8) is 0 Å². The molecule has 2 rings (SSSR count). The molecule has 0 fully saturated rings. The lowest BCUT2D eigenvalue weighted by Crippen LogP contribution is -2.23. The third-order valence-electron chi connectivity index (χ3n) is 2.82. The Hall–Kier alpha value is -1.38. The van der Waals surface area contributed by atoms with Gasteiger partial charge in [-0.2, -0.15) is 0 Å². The van der Waals surface area contributed by atoms with Crippen molar-refractivity contribution < 1.29 is 0 Å². The van der Waals surface area contributed by atoms with Gasteiger partial charge in [0, 0.05) is 23.2 Å². The van der Waals surface area contributed by atoms with E-state index in [0.717, 1.165) is 11.5 Å². The summed E-state index contributed by atoms with van der Waals surface area (Å²) in [4.78, 5) is 9.04. The third kappa shape index (κ3) is 2.06. The molecular weight excluding hydrogens is 210 g/mol. The average Bonchev–Trinajstić information content (AvgIpc) is 2.54. The molecule has 0 bridgehead atoms. The number of imidazole rings is 1. The summed E-state index contributed by atoms with van der Waals surface area (Å²) >= 11 is 0. The summed E-state index contributed by atoms with van der Waals surface area (Å²) in [7, 11) is 0. The average molecular weight is 231 g/mol. The van der Waals surface area contributed by atoms with E-state index >= 15 is 0 Å². The Bertz CT molecular complexity index is 539. The van der Waals surface area contributed by atoms with Crippen molar-refractivity contribution in [3.05, 3.63) is 29.8 Å². The molecular formula is C14H21N3. The highest BCUT2D eigenvalue weighted by molar-refractivity contribution is 5.41. The van der Waals surface area contributed by atoms with Gasteiger partial charge in [-0.25, -0.2) is 9.97 Å². The third-order valence-corrected chi connectivity index (χ3v) is 2.82. The number of nitrogens with zero attached hydrogens (tertiary/aromatic N) is 3. The van der Waals surface area contributed by atoms with Gasteiger partial charge in [-0.15, -0.1) is 0 Å². The van der Waals surface area contributed by atoms with E-state index in [4.69, 9.17) is 4.98 Å². The molecule has 0 N–H and O–H groups in total. The van der Waals surface area contributed by atoms with Crippen LogP contribution >= 0.6 is 0 Å². The zero-order valence-corrected chi connectivity index (χ0v) is 11.6. The minimum atomic E-state index is 0.0380. The van der Waals surface area contributed by atoms with Crippen molar-refractivity contribution >= 4 is 5.78 Å². The Morgan fingerprint density at radius 3 is 2.18 bits per heavy atom. The van der Waals surface area contributed by atoms with E-state index in [2.05, 4.69) is 50.9 Å². The van der Waals surface area contributed by atoms with E-state index in [1.165, 1.54) is 5.69 Å². The molecule has 2 aromatic rings. The molecule has 0 atom stereocenters. The minimum Gasteiger partial charge on any atom is -0.287 e. The summed E-state index contributed by atoms with van der Waals surface area (Å²) in [6.07, 6.45) is 3.84. The summed E-state index contributed by atoms with van der Waals surface area (Å²) < 4.78 is 2.11. The van der Waals surface area contributed by atoms with Gasteiger partial charge in [-0.05, 0) is 6.07 Å². The summed E-state index contributed by atoms with van der Waals surface area (Å²) in [6, 6.07) is 1.95. The number of hydrogen-bond acceptors (Lipinski definition) is 2. The van der Waals surface area contributed by atoms with Crippen molar-refractivity contribution in [2.45, 2.75) is 52.4 Å². The molecule has 0 saturated heterocycles. The van der Waals surface area contributed by atoms with E-state index in [9.17, 15) is 0 Å². The molecule has 0 spiro atoms. The molecule has 92 valence electrons. The zero-order chi connectivity index (χ0) is 12.8. The van der Waals surface area contributed by atoms with Crippen LogP contribution in [0.4, 0.5) is 0 Å². The van der Waals surface area contributed by atoms with Crippen LogP contribution in [0, 0.1) is 0 Å². The largest absolute Gasteiger partial charge is 0.287 e. The lowest BCUT2D eigenvalue weighted by atomic mass is 9.82. The van der Waals surface area contributed by atoms with E-state index in [0.29, 0.717) is 0 Å². The SMILES string of the molecule is CC(C)(C)c1nc2ncccn2c1C(C)(C)C. The molecule has 0 aliphatic carbocycles. The second kappa shape index (κ2) is 3.56. The van der Waals surface area contributed by atoms with Crippen molar-refractivity contribution in [1.82, 2.24) is 14.4 Å². The van der Waals surface area contributed by atoms with Crippen molar-refractivity contribution in [2.75, 3.05) is 0 Å². The zero-order valence-electron chi connectivity index (χ0n) is 11.6. The first-order chi connectivity index (χ1) is 7.71. The number of aromatic nitrogens is 3. The lowest BCUT2D eigenvalue weighted by Gasteiger charge is -2.25. The second-order valence-corrected chi connectivity index (χ2v) is 6.60. The molecule has 2 heterocycles. The molecule has 0 unspecified atom stereocenters. The highest BCUT2D eigenvalue weighted by atomic mass is 15.1. The smallest absolute Gasteiger partial charge is 0.234 e. The molecule has 3 heteroatoms. The Labute approximate surface area is 103 Å². The van der Waals surface area contributed by atoms with Crippen LogP contribution in [0.25, 0.3) is 5.78 Å². The van der Waals surface area contributed by atoms with Crippen molar-refractivity contribution in [1.29, 1.82) is 0 Å². The molecule has 0 radical (unpaired) electrons. The predicted octanol–water partition coefficient (Wildman–Crippen LogP) is 3.32. The van der Waals surface area contributed by atoms with E-state index < -0.39 is 0 Å². The normalized spacial score (nSPS) is 13.3. The number of rotatable bonds is 0. The summed E-state index contributed by atoms with van der Waals surface area (Å²) in [5, 5.41) is 0. The molecule has 17 heavy (non-hydrogen) atoms. The first-order valence-electron chi connectivity index (χ1n) is 6.05. The summed E-state index contributed by atoms with van der Waals surface area (Å²) in [5.74, 6) is 0.794. The van der Waals surface area contributed by atoms with Gasteiger partial charge < -0.3 is 0 Å². The Kier molecular flexibility index (Phi) is 2.53. The van der Waals surface area contributed by atoms with Crippen LogP contribution in [-0.2, 0) is 10.8 Å². The fraction of sp³-hybridized carbons (Fsp3) is 0.571.